The highest BCUT2D eigenvalue weighted by atomic mass is 16.1. The maximum absolute atomic E-state index is 12.4. The molecule has 0 fully saturated rings. The molecule has 0 aliphatic rings. The zero-order chi connectivity index (χ0) is 16.3. The van der Waals surface area contributed by atoms with Crippen molar-refractivity contribution in [1.29, 1.82) is 10.5 Å². The van der Waals surface area contributed by atoms with Gasteiger partial charge in [0.05, 0.1) is 17.4 Å². The van der Waals surface area contributed by atoms with E-state index in [4.69, 9.17) is 10.5 Å². The fourth-order valence-electron chi connectivity index (χ4n) is 2.20. The summed E-state index contributed by atoms with van der Waals surface area (Å²) < 4.78 is 3.24. The second-order valence-corrected chi connectivity index (χ2v) is 4.85. The lowest BCUT2D eigenvalue weighted by Gasteiger charge is -2.07. The van der Waals surface area contributed by atoms with Crippen LogP contribution in [-0.2, 0) is 6.54 Å². The van der Waals surface area contributed by atoms with Gasteiger partial charge in [-0.3, -0.25) is 14.6 Å². The van der Waals surface area contributed by atoms with E-state index in [1.165, 1.54) is 6.20 Å². The third-order valence-corrected chi connectivity index (χ3v) is 3.14. The molecule has 0 bridgehead atoms. The average Bonchev–Trinajstić information content (AvgIpc) is 2.78. The van der Waals surface area contributed by atoms with E-state index in [9.17, 15) is 4.79 Å². The molecule has 0 aliphatic heterocycles. The quantitative estimate of drug-likeness (QED) is 0.680. The number of hydrogen-bond donors (Lipinski definition) is 1. The summed E-state index contributed by atoms with van der Waals surface area (Å²) in [5, 5.41) is 21.0. The molecule has 0 radical (unpaired) electrons. The van der Waals surface area contributed by atoms with Crippen molar-refractivity contribution in [1.82, 2.24) is 14.1 Å². The van der Waals surface area contributed by atoms with Crippen molar-refractivity contribution in [2.75, 3.05) is 5.43 Å². The summed E-state index contributed by atoms with van der Waals surface area (Å²) in [6.07, 6.45) is 1.51. The van der Waals surface area contributed by atoms with Crippen molar-refractivity contribution in [3.05, 3.63) is 22.7 Å². The zero-order valence-corrected chi connectivity index (χ0v) is 12.5. The lowest BCUT2D eigenvalue weighted by atomic mass is 10.3. The van der Waals surface area contributed by atoms with Gasteiger partial charge in [-0.2, -0.15) is 15.6 Å². The molecule has 1 N–H and O–H groups in total. The molecule has 0 saturated heterocycles. The van der Waals surface area contributed by atoms with Gasteiger partial charge in [-0.1, -0.05) is 0 Å². The normalized spacial score (nSPS) is 10.3. The van der Waals surface area contributed by atoms with Crippen molar-refractivity contribution >= 4 is 22.6 Å². The van der Waals surface area contributed by atoms with Crippen LogP contribution in [0.15, 0.2) is 22.2 Å². The first-order chi connectivity index (χ1) is 10.5. The molecule has 2 aromatic rings. The van der Waals surface area contributed by atoms with Gasteiger partial charge in [0.2, 0.25) is 5.71 Å². The SMILES string of the molecule is CCn1c(=O)n(C(C)C)c2cc(NN=C(C#N)C#N)cnc21. The van der Waals surface area contributed by atoms with Crippen molar-refractivity contribution < 1.29 is 0 Å². The zero-order valence-electron chi connectivity index (χ0n) is 12.5. The van der Waals surface area contributed by atoms with Crippen LogP contribution in [-0.4, -0.2) is 19.8 Å². The first-order valence-electron chi connectivity index (χ1n) is 6.78. The Kier molecular flexibility index (Phi) is 4.23. The van der Waals surface area contributed by atoms with Gasteiger partial charge >= 0.3 is 5.69 Å². The summed E-state index contributed by atoms with van der Waals surface area (Å²) in [5.74, 6) is 0. The monoisotopic (exact) mass is 297 g/mol. The molecular weight excluding hydrogens is 282 g/mol. The number of fused-ring (bicyclic) bond motifs is 1. The number of pyridine rings is 1. The standard InChI is InChI=1S/C14H15N7O/c1-4-20-13-12(21(9(2)3)14(20)22)5-10(8-17-13)18-19-11(6-15)7-16/h5,8-9,18H,4H2,1-3H3. The molecule has 2 heterocycles. The Morgan fingerprint density at radius 3 is 2.68 bits per heavy atom. The van der Waals surface area contributed by atoms with Gasteiger partial charge in [-0.25, -0.2) is 9.78 Å². The largest absolute Gasteiger partial charge is 0.330 e. The Morgan fingerprint density at radius 2 is 2.14 bits per heavy atom. The van der Waals surface area contributed by atoms with Crippen LogP contribution in [0.2, 0.25) is 0 Å². The predicted molar refractivity (Wildman–Crippen MR) is 82.3 cm³/mol. The van der Waals surface area contributed by atoms with Crippen LogP contribution in [0.3, 0.4) is 0 Å². The van der Waals surface area contributed by atoms with Crippen LogP contribution in [0.5, 0.6) is 0 Å². The maximum Gasteiger partial charge on any atom is 0.330 e. The Balaban J connectivity index is 2.58. The fraction of sp³-hybridized carbons (Fsp3) is 0.357. The summed E-state index contributed by atoms with van der Waals surface area (Å²) in [7, 11) is 0. The van der Waals surface area contributed by atoms with Crippen molar-refractivity contribution in [3.8, 4) is 12.1 Å². The molecule has 0 aromatic carbocycles. The van der Waals surface area contributed by atoms with Crippen LogP contribution < -0.4 is 11.1 Å². The van der Waals surface area contributed by atoms with Crippen LogP contribution in [0.4, 0.5) is 5.69 Å². The number of nitrogens with zero attached hydrogens (tertiary/aromatic N) is 6. The molecular formula is C14H15N7O. The van der Waals surface area contributed by atoms with Crippen LogP contribution in [0.1, 0.15) is 26.8 Å². The van der Waals surface area contributed by atoms with Gasteiger partial charge in [0.15, 0.2) is 5.65 Å². The average molecular weight is 297 g/mol. The van der Waals surface area contributed by atoms with E-state index in [1.54, 1.807) is 27.3 Å². The number of hydrogen-bond acceptors (Lipinski definition) is 6. The fourth-order valence-corrected chi connectivity index (χ4v) is 2.20. The number of aryl methyl sites for hydroxylation is 1. The van der Waals surface area contributed by atoms with Gasteiger partial charge in [0, 0.05) is 12.6 Å². The number of rotatable bonds is 4. The van der Waals surface area contributed by atoms with E-state index < -0.39 is 0 Å². The van der Waals surface area contributed by atoms with E-state index in [2.05, 4.69) is 15.5 Å². The van der Waals surface area contributed by atoms with Crippen molar-refractivity contribution in [2.24, 2.45) is 5.10 Å². The summed E-state index contributed by atoms with van der Waals surface area (Å²) in [5.41, 5.74) is 3.98. The third kappa shape index (κ3) is 2.54. The number of nitrogens with one attached hydrogen (secondary N) is 1. The van der Waals surface area contributed by atoms with E-state index >= 15 is 0 Å². The molecule has 8 heteroatoms. The van der Waals surface area contributed by atoms with Crippen molar-refractivity contribution in [2.45, 2.75) is 33.4 Å². The van der Waals surface area contributed by atoms with Crippen LogP contribution in [0, 0.1) is 22.7 Å². The summed E-state index contributed by atoms with van der Waals surface area (Å²) in [6.45, 7) is 6.25. The van der Waals surface area contributed by atoms with Crippen LogP contribution in [0.25, 0.3) is 11.2 Å². The third-order valence-electron chi connectivity index (χ3n) is 3.14. The van der Waals surface area contributed by atoms with Gasteiger partial charge in [0.1, 0.15) is 12.1 Å². The van der Waals surface area contributed by atoms with E-state index in [-0.39, 0.29) is 17.4 Å². The second kappa shape index (κ2) is 6.10. The Hall–Kier alpha value is -3.13. The van der Waals surface area contributed by atoms with Gasteiger partial charge in [-0.15, -0.1) is 0 Å². The maximum atomic E-state index is 12.4. The summed E-state index contributed by atoms with van der Waals surface area (Å²) in [6, 6.07) is 5.03. The lowest BCUT2D eigenvalue weighted by molar-refractivity contribution is 0.571. The summed E-state index contributed by atoms with van der Waals surface area (Å²) >= 11 is 0. The van der Waals surface area contributed by atoms with Crippen molar-refractivity contribution in [3.63, 3.8) is 0 Å². The number of imidazole rings is 1. The first kappa shape index (κ1) is 15.3. The molecule has 2 aromatic heterocycles. The molecule has 0 amide bonds. The smallest absolute Gasteiger partial charge is 0.288 e. The minimum atomic E-state index is -0.285. The highest BCUT2D eigenvalue weighted by Crippen LogP contribution is 2.19. The topological polar surface area (TPSA) is 112 Å². The van der Waals surface area contributed by atoms with Crippen LogP contribution >= 0.6 is 0 Å². The molecule has 22 heavy (non-hydrogen) atoms. The molecule has 0 unspecified atom stereocenters. The minimum absolute atomic E-state index is 0.0165. The van der Waals surface area contributed by atoms with Gasteiger partial charge in [-0.05, 0) is 26.8 Å². The number of nitriles is 2. The first-order valence-corrected chi connectivity index (χ1v) is 6.78. The number of hydrazone groups is 1. The second-order valence-electron chi connectivity index (χ2n) is 4.85. The molecule has 8 nitrogen and oxygen atoms in total. The van der Waals surface area contributed by atoms with E-state index in [0.29, 0.717) is 23.4 Å². The summed E-state index contributed by atoms with van der Waals surface area (Å²) in [4.78, 5) is 16.7. The molecule has 0 saturated carbocycles. The molecule has 0 spiro atoms. The highest BCUT2D eigenvalue weighted by Gasteiger charge is 2.15. The predicted octanol–water partition coefficient (Wildman–Crippen LogP) is 1.61. The minimum Gasteiger partial charge on any atom is -0.288 e. The molecule has 2 rings (SSSR count). The number of anilines is 1. The molecule has 112 valence electrons. The Labute approximate surface area is 126 Å². The van der Waals surface area contributed by atoms with E-state index in [1.807, 2.05) is 20.8 Å². The lowest BCUT2D eigenvalue weighted by Crippen LogP contribution is -2.25. The van der Waals surface area contributed by atoms with E-state index in [0.717, 1.165) is 0 Å². The number of aromatic nitrogens is 3. The van der Waals surface area contributed by atoms with Gasteiger partial charge in [0.25, 0.3) is 0 Å². The highest BCUT2D eigenvalue weighted by molar-refractivity contribution is 6.10. The Bertz CT molecular complexity index is 857. The Morgan fingerprint density at radius 1 is 1.45 bits per heavy atom. The molecule has 0 atom stereocenters. The van der Waals surface area contributed by atoms with Gasteiger partial charge < -0.3 is 0 Å². The molecule has 0 aliphatic carbocycles.